The summed E-state index contributed by atoms with van der Waals surface area (Å²) in [5.74, 6) is 0. The lowest BCUT2D eigenvalue weighted by atomic mass is 10.0. The van der Waals surface area contributed by atoms with Gasteiger partial charge in [0.15, 0.2) is 0 Å². The van der Waals surface area contributed by atoms with Gasteiger partial charge in [0.1, 0.15) is 6.33 Å². The van der Waals surface area contributed by atoms with Crippen molar-refractivity contribution in [3.63, 3.8) is 0 Å². The molecule has 1 N–H and O–H groups in total. The van der Waals surface area contributed by atoms with Crippen LogP contribution in [0.2, 0.25) is 0 Å². The summed E-state index contributed by atoms with van der Waals surface area (Å²) in [6.45, 7) is 2.07. The summed E-state index contributed by atoms with van der Waals surface area (Å²) in [7, 11) is 0. The summed E-state index contributed by atoms with van der Waals surface area (Å²) in [4.78, 5) is 8.19. The minimum atomic E-state index is 0.871. The van der Waals surface area contributed by atoms with Crippen LogP contribution in [0.5, 0.6) is 0 Å². The molecule has 88 valence electrons. The first-order chi connectivity index (χ1) is 8.84. The van der Waals surface area contributed by atoms with Crippen molar-refractivity contribution in [3.8, 4) is 22.5 Å². The molecule has 0 fully saturated rings. The molecule has 0 saturated heterocycles. The molecule has 0 aliphatic rings. The molecule has 0 bridgehead atoms. The highest BCUT2D eigenvalue weighted by Gasteiger charge is 2.10. The van der Waals surface area contributed by atoms with Gasteiger partial charge in [-0.25, -0.2) is 9.97 Å². The largest absolute Gasteiger partial charge is 0.277 e. The van der Waals surface area contributed by atoms with E-state index in [1.807, 2.05) is 12.1 Å². The first-order valence-electron chi connectivity index (χ1n) is 5.71. The lowest BCUT2D eigenvalue weighted by Gasteiger charge is -2.03. The SMILES string of the molecule is Cc1cccc(-c2[nH]ncc2-c2ccncn2)c1. The van der Waals surface area contributed by atoms with Crippen LogP contribution in [0.25, 0.3) is 22.5 Å². The Morgan fingerprint density at radius 2 is 2.11 bits per heavy atom. The summed E-state index contributed by atoms with van der Waals surface area (Å²) in [6.07, 6.45) is 5.07. The average molecular weight is 236 g/mol. The number of nitrogens with zero attached hydrogens (tertiary/aromatic N) is 3. The molecule has 3 rings (SSSR count). The molecule has 4 nitrogen and oxygen atoms in total. The van der Waals surface area contributed by atoms with Crippen LogP contribution in [-0.4, -0.2) is 20.2 Å². The van der Waals surface area contributed by atoms with Gasteiger partial charge in [-0.05, 0) is 19.1 Å². The van der Waals surface area contributed by atoms with Crippen molar-refractivity contribution in [3.05, 3.63) is 54.6 Å². The molecule has 0 spiro atoms. The maximum absolute atomic E-state index is 4.26. The molecule has 0 aliphatic heterocycles. The number of hydrogen-bond acceptors (Lipinski definition) is 3. The summed E-state index contributed by atoms with van der Waals surface area (Å²) in [5.41, 5.74) is 5.17. The normalized spacial score (nSPS) is 10.5. The highest BCUT2D eigenvalue weighted by Crippen LogP contribution is 2.28. The standard InChI is InChI=1S/C14H12N4/c1-10-3-2-4-11(7-10)14-12(8-17-18-14)13-5-6-15-9-16-13/h2-9H,1H3,(H,17,18). The number of benzene rings is 1. The van der Waals surface area contributed by atoms with Crippen molar-refractivity contribution in [2.75, 3.05) is 0 Å². The first-order valence-corrected chi connectivity index (χ1v) is 5.71. The van der Waals surface area contributed by atoms with E-state index in [2.05, 4.69) is 45.3 Å². The summed E-state index contributed by atoms with van der Waals surface area (Å²) >= 11 is 0. The van der Waals surface area contributed by atoms with Crippen LogP contribution < -0.4 is 0 Å². The molecule has 0 radical (unpaired) electrons. The quantitative estimate of drug-likeness (QED) is 0.744. The minimum Gasteiger partial charge on any atom is -0.277 e. The molecule has 0 atom stereocenters. The van der Waals surface area contributed by atoms with Crippen molar-refractivity contribution in [1.82, 2.24) is 20.2 Å². The van der Waals surface area contributed by atoms with E-state index < -0.39 is 0 Å². The molecular weight excluding hydrogens is 224 g/mol. The number of H-pyrrole nitrogens is 1. The Balaban J connectivity index is 2.13. The Morgan fingerprint density at radius 3 is 2.89 bits per heavy atom. The molecule has 2 aromatic heterocycles. The van der Waals surface area contributed by atoms with Crippen molar-refractivity contribution >= 4 is 0 Å². The van der Waals surface area contributed by atoms with E-state index in [1.165, 1.54) is 5.56 Å². The molecule has 2 heterocycles. The lowest BCUT2D eigenvalue weighted by molar-refractivity contribution is 1.09. The maximum Gasteiger partial charge on any atom is 0.116 e. The van der Waals surface area contributed by atoms with Crippen LogP contribution in [0.3, 0.4) is 0 Å². The van der Waals surface area contributed by atoms with Gasteiger partial charge in [-0.1, -0.05) is 23.8 Å². The molecule has 0 aliphatic carbocycles. The number of rotatable bonds is 2. The zero-order chi connectivity index (χ0) is 12.4. The van der Waals surface area contributed by atoms with Gasteiger partial charge in [0.25, 0.3) is 0 Å². The van der Waals surface area contributed by atoms with E-state index in [-0.39, 0.29) is 0 Å². The highest BCUT2D eigenvalue weighted by atomic mass is 15.1. The Bertz CT molecular complexity index is 658. The Kier molecular flexibility index (Phi) is 2.61. The third-order valence-corrected chi connectivity index (χ3v) is 2.80. The topological polar surface area (TPSA) is 54.5 Å². The van der Waals surface area contributed by atoms with E-state index in [9.17, 15) is 0 Å². The predicted molar refractivity (Wildman–Crippen MR) is 69.8 cm³/mol. The zero-order valence-corrected chi connectivity index (χ0v) is 9.96. The number of hydrogen-bond donors (Lipinski definition) is 1. The Labute approximate surface area is 105 Å². The number of aromatic amines is 1. The molecule has 4 heteroatoms. The zero-order valence-electron chi connectivity index (χ0n) is 9.96. The Morgan fingerprint density at radius 1 is 1.17 bits per heavy atom. The van der Waals surface area contributed by atoms with Gasteiger partial charge in [0.05, 0.1) is 17.6 Å². The first kappa shape index (κ1) is 10.7. The second kappa shape index (κ2) is 4.41. The molecular formula is C14H12N4. The van der Waals surface area contributed by atoms with Crippen LogP contribution >= 0.6 is 0 Å². The third kappa shape index (κ3) is 1.88. The second-order valence-electron chi connectivity index (χ2n) is 4.12. The van der Waals surface area contributed by atoms with Gasteiger partial charge in [0, 0.05) is 17.3 Å². The van der Waals surface area contributed by atoms with E-state index in [4.69, 9.17) is 0 Å². The van der Waals surface area contributed by atoms with Gasteiger partial charge in [-0.15, -0.1) is 0 Å². The van der Waals surface area contributed by atoms with Gasteiger partial charge in [-0.2, -0.15) is 5.10 Å². The average Bonchev–Trinajstić information content (AvgIpc) is 2.89. The van der Waals surface area contributed by atoms with Crippen molar-refractivity contribution < 1.29 is 0 Å². The predicted octanol–water partition coefficient (Wildman–Crippen LogP) is 2.84. The monoisotopic (exact) mass is 236 g/mol. The fourth-order valence-corrected chi connectivity index (χ4v) is 1.95. The van der Waals surface area contributed by atoms with Crippen LogP contribution in [0.4, 0.5) is 0 Å². The molecule has 0 unspecified atom stereocenters. The van der Waals surface area contributed by atoms with E-state index in [0.717, 1.165) is 22.5 Å². The summed E-state index contributed by atoms with van der Waals surface area (Å²) in [5, 5.41) is 7.16. The van der Waals surface area contributed by atoms with Crippen LogP contribution in [-0.2, 0) is 0 Å². The molecule has 3 aromatic rings. The fourth-order valence-electron chi connectivity index (χ4n) is 1.95. The minimum absolute atomic E-state index is 0.871. The second-order valence-corrected chi connectivity index (χ2v) is 4.12. The van der Waals surface area contributed by atoms with Crippen molar-refractivity contribution in [2.24, 2.45) is 0 Å². The molecule has 0 saturated carbocycles. The smallest absolute Gasteiger partial charge is 0.116 e. The summed E-state index contributed by atoms with van der Waals surface area (Å²) in [6, 6.07) is 10.2. The van der Waals surface area contributed by atoms with Crippen LogP contribution in [0.15, 0.2) is 49.1 Å². The summed E-state index contributed by atoms with van der Waals surface area (Å²) < 4.78 is 0. The van der Waals surface area contributed by atoms with E-state index in [1.54, 1.807) is 18.7 Å². The van der Waals surface area contributed by atoms with E-state index in [0.29, 0.717) is 0 Å². The lowest BCUT2D eigenvalue weighted by Crippen LogP contribution is -1.86. The van der Waals surface area contributed by atoms with Gasteiger partial charge < -0.3 is 0 Å². The van der Waals surface area contributed by atoms with Crippen molar-refractivity contribution in [2.45, 2.75) is 6.92 Å². The van der Waals surface area contributed by atoms with Gasteiger partial charge in [0.2, 0.25) is 0 Å². The van der Waals surface area contributed by atoms with Crippen LogP contribution in [0, 0.1) is 6.92 Å². The van der Waals surface area contributed by atoms with Gasteiger partial charge >= 0.3 is 0 Å². The fraction of sp³-hybridized carbons (Fsp3) is 0.0714. The Hall–Kier alpha value is -2.49. The number of aryl methyl sites for hydroxylation is 1. The maximum atomic E-state index is 4.26. The van der Waals surface area contributed by atoms with Crippen LogP contribution in [0.1, 0.15) is 5.56 Å². The van der Waals surface area contributed by atoms with Crippen molar-refractivity contribution in [1.29, 1.82) is 0 Å². The highest BCUT2D eigenvalue weighted by molar-refractivity contribution is 5.78. The number of aromatic nitrogens is 4. The van der Waals surface area contributed by atoms with E-state index >= 15 is 0 Å². The molecule has 0 amide bonds. The number of nitrogens with one attached hydrogen (secondary N) is 1. The third-order valence-electron chi connectivity index (χ3n) is 2.80. The molecule has 1 aromatic carbocycles. The molecule has 18 heavy (non-hydrogen) atoms. The van der Waals surface area contributed by atoms with Gasteiger partial charge in [-0.3, -0.25) is 5.10 Å².